The van der Waals surface area contributed by atoms with Crippen molar-refractivity contribution in [1.82, 2.24) is 9.97 Å². The van der Waals surface area contributed by atoms with E-state index in [4.69, 9.17) is 16.7 Å². The van der Waals surface area contributed by atoms with Crippen molar-refractivity contribution in [3.63, 3.8) is 0 Å². The van der Waals surface area contributed by atoms with Gasteiger partial charge in [0.25, 0.3) is 0 Å². The van der Waals surface area contributed by atoms with E-state index in [1.807, 2.05) is 0 Å². The average Bonchev–Trinajstić information content (AvgIpc) is 2.36. The Bertz CT molecular complexity index is 774. The molecule has 6 nitrogen and oxygen atoms in total. The van der Waals surface area contributed by atoms with Gasteiger partial charge in [0.15, 0.2) is 0 Å². The lowest BCUT2D eigenvalue weighted by Crippen LogP contribution is -2.08. The number of aromatic hydroxyl groups is 1. The topological polar surface area (TPSA) is 122 Å². The molecule has 2 aromatic rings. The van der Waals surface area contributed by atoms with Crippen LogP contribution in [0.2, 0.25) is 0 Å². The maximum absolute atomic E-state index is 14.0. The molecular formula is C12H7F4N5O. The molecule has 0 fully saturated rings. The number of alkyl halides is 3. The molecule has 5 N–H and O–H groups in total. The largest absolute Gasteiger partial charge is 0.507 e. The van der Waals surface area contributed by atoms with Crippen LogP contribution in [0.3, 0.4) is 0 Å². The van der Waals surface area contributed by atoms with Crippen LogP contribution in [0.5, 0.6) is 5.75 Å². The zero-order chi connectivity index (χ0) is 16.7. The predicted octanol–water partition coefficient (Wildman–Crippen LogP) is 2.04. The van der Waals surface area contributed by atoms with Gasteiger partial charge in [0.1, 0.15) is 34.7 Å². The third-order valence-corrected chi connectivity index (χ3v) is 2.70. The molecule has 0 unspecified atom stereocenters. The number of nitrogens with two attached hydrogens (primary N) is 2. The van der Waals surface area contributed by atoms with E-state index < -0.39 is 46.1 Å². The van der Waals surface area contributed by atoms with Crippen LogP contribution in [0.15, 0.2) is 12.1 Å². The monoisotopic (exact) mass is 313 g/mol. The van der Waals surface area contributed by atoms with Crippen molar-refractivity contribution in [3.8, 4) is 23.1 Å². The van der Waals surface area contributed by atoms with Crippen molar-refractivity contribution < 1.29 is 22.7 Å². The van der Waals surface area contributed by atoms with E-state index >= 15 is 0 Å². The summed E-state index contributed by atoms with van der Waals surface area (Å²) in [6.07, 6.45) is -4.85. The number of hydrogen-bond donors (Lipinski definition) is 3. The fourth-order valence-electron chi connectivity index (χ4n) is 1.78. The van der Waals surface area contributed by atoms with Gasteiger partial charge in [-0.15, -0.1) is 0 Å². The molecule has 1 aromatic heterocycles. The van der Waals surface area contributed by atoms with Gasteiger partial charge in [-0.3, -0.25) is 0 Å². The summed E-state index contributed by atoms with van der Waals surface area (Å²) in [5.41, 5.74) is 7.75. The molecule has 0 amide bonds. The number of nitrogens with zero attached hydrogens (tertiary/aromatic N) is 3. The van der Waals surface area contributed by atoms with Crippen molar-refractivity contribution in [3.05, 3.63) is 29.1 Å². The second-order valence-electron chi connectivity index (χ2n) is 4.15. The first kappa shape index (κ1) is 15.3. The lowest BCUT2D eigenvalue weighted by Gasteiger charge is -2.12. The van der Waals surface area contributed by atoms with E-state index in [9.17, 15) is 22.7 Å². The highest BCUT2D eigenvalue weighted by Crippen LogP contribution is 2.39. The van der Waals surface area contributed by atoms with Crippen LogP contribution in [0.4, 0.5) is 29.3 Å². The molecular weight excluding hydrogens is 306 g/mol. The number of halogens is 4. The number of anilines is 2. The lowest BCUT2D eigenvalue weighted by atomic mass is 10.0. The molecule has 114 valence electrons. The van der Waals surface area contributed by atoms with Crippen LogP contribution < -0.4 is 11.5 Å². The van der Waals surface area contributed by atoms with E-state index in [0.29, 0.717) is 6.07 Å². The highest BCUT2D eigenvalue weighted by atomic mass is 19.4. The molecule has 0 bridgehead atoms. The van der Waals surface area contributed by atoms with Crippen molar-refractivity contribution in [2.45, 2.75) is 6.18 Å². The normalized spacial score (nSPS) is 11.2. The number of nitrogen functional groups attached to an aromatic ring is 2. The number of benzene rings is 1. The Kier molecular flexibility index (Phi) is 3.50. The fourth-order valence-corrected chi connectivity index (χ4v) is 1.78. The van der Waals surface area contributed by atoms with E-state index in [-0.39, 0.29) is 11.9 Å². The maximum atomic E-state index is 14.0. The molecule has 0 saturated heterocycles. The number of nitriles is 1. The van der Waals surface area contributed by atoms with Crippen molar-refractivity contribution >= 4 is 11.8 Å². The fraction of sp³-hybridized carbons (Fsp3) is 0.0833. The summed E-state index contributed by atoms with van der Waals surface area (Å²) in [5.74, 6) is -3.29. The number of rotatable bonds is 1. The molecule has 10 heteroatoms. The molecule has 1 aromatic carbocycles. The minimum Gasteiger partial charge on any atom is -0.507 e. The van der Waals surface area contributed by atoms with Crippen LogP contribution in [0, 0.1) is 17.1 Å². The third kappa shape index (κ3) is 2.56. The molecule has 0 saturated carbocycles. The number of phenols is 1. The summed E-state index contributed by atoms with van der Waals surface area (Å²) < 4.78 is 51.7. The van der Waals surface area contributed by atoms with Crippen LogP contribution in [-0.2, 0) is 6.18 Å². The Labute approximate surface area is 120 Å². The van der Waals surface area contributed by atoms with Gasteiger partial charge in [0.2, 0.25) is 5.95 Å². The lowest BCUT2D eigenvalue weighted by molar-refractivity contribution is -0.137. The van der Waals surface area contributed by atoms with Gasteiger partial charge in [0, 0.05) is 0 Å². The summed E-state index contributed by atoms with van der Waals surface area (Å²) in [6.45, 7) is 0. The Hall–Kier alpha value is -3.09. The third-order valence-electron chi connectivity index (χ3n) is 2.70. The molecule has 22 heavy (non-hydrogen) atoms. The van der Waals surface area contributed by atoms with Crippen molar-refractivity contribution in [2.24, 2.45) is 0 Å². The number of aromatic nitrogens is 2. The Morgan fingerprint density at radius 3 is 2.32 bits per heavy atom. The molecule has 0 aliphatic rings. The second kappa shape index (κ2) is 5.03. The maximum Gasteiger partial charge on any atom is 0.416 e. The minimum absolute atomic E-state index is 0.171. The standard InChI is InChI=1S/C12H7F4N5O/c13-6-1-4(12(14,15)16)2-7(22)8(6)9-5(3-17)10(18)21-11(19)20-9/h1-2,22H,(H4,18,19,20,21). The first-order chi connectivity index (χ1) is 10.1. The van der Waals surface area contributed by atoms with Crippen molar-refractivity contribution in [1.29, 1.82) is 5.26 Å². The van der Waals surface area contributed by atoms with Gasteiger partial charge in [-0.05, 0) is 12.1 Å². The SMILES string of the molecule is N#Cc1c(N)nc(N)nc1-c1c(O)cc(C(F)(F)F)cc1F. The van der Waals surface area contributed by atoms with Gasteiger partial charge >= 0.3 is 6.18 Å². The highest BCUT2D eigenvalue weighted by molar-refractivity contribution is 5.77. The van der Waals surface area contributed by atoms with E-state index in [2.05, 4.69) is 9.97 Å². The smallest absolute Gasteiger partial charge is 0.416 e. The Balaban J connectivity index is 2.78. The van der Waals surface area contributed by atoms with Crippen LogP contribution in [0.25, 0.3) is 11.3 Å². The summed E-state index contributed by atoms with van der Waals surface area (Å²) in [7, 11) is 0. The van der Waals surface area contributed by atoms with E-state index in [1.165, 1.54) is 0 Å². The molecule has 0 spiro atoms. The van der Waals surface area contributed by atoms with E-state index in [0.717, 1.165) is 0 Å². The first-order valence-electron chi connectivity index (χ1n) is 5.58. The van der Waals surface area contributed by atoms with Gasteiger partial charge in [-0.1, -0.05) is 0 Å². The first-order valence-corrected chi connectivity index (χ1v) is 5.58. The molecule has 2 rings (SSSR count). The summed E-state index contributed by atoms with van der Waals surface area (Å²) in [4.78, 5) is 7.06. The quantitative estimate of drug-likeness (QED) is 0.693. The van der Waals surface area contributed by atoms with Gasteiger partial charge in [-0.2, -0.15) is 23.4 Å². The van der Waals surface area contributed by atoms with E-state index in [1.54, 1.807) is 6.07 Å². The summed E-state index contributed by atoms with van der Waals surface area (Å²) in [5, 5.41) is 18.7. The summed E-state index contributed by atoms with van der Waals surface area (Å²) in [6, 6.07) is 2.07. The van der Waals surface area contributed by atoms with Crippen molar-refractivity contribution in [2.75, 3.05) is 11.5 Å². The Morgan fingerprint density at radius 2 is 1.82 bits per heavy atom. The Morgan fingerprint density at radius 1 is 1.18 bits per heavy atom. The number of phenolic OH excluding ortho intramolecular Hbond substituents is 1. The zero-order valence-corrected chi connectivity index (χ0v) is 10.6. The van der Waals surface area contributed by atoms with Crippen LogP contribution in [-0.4, -0.2) is 15.1 Å². The van der Waals surface area contributed by atoms with Crippen LogP contribution in [0.1, 0.15) is 11.1 Å². The van der Waals surface area contributed by atoms with Gasteiger partial charge in [0.05, 0.1) is 11.1 Å². The highest BCUT2D eigenvalue weighted by Gasteiger charge is 2.33. The molecule has 1 heterocycles. The predicted molar refractivity (Wildman–Crippen MR) is 67.6 cm³/mol. The molecule has 0 aliphatic heterocycles. The van der Waals surface area contributed by atoms with Gasteiger partial charge in [-0.25, -0.2) is 9.37 Å². The minimum atomic E-state index is -4.85. The second-order valence-corrected chi connectivity index (χ2v) is 4.15. The zero-order valence-electron chi connectivity index (χ0n) is 10.6. The molecule has 0 radical (unpaired) electrons. The average molecular weight is 313 g/mol. The summed E-state index contributed by atoms with van der Waals surface area (Å²) >= 11 is 0. The van der Waals surface area contributed by atoms with Gasteiger partial charge < -0.3 is 16.6 Å². The molecule has 0 atom stereocenters. The van der Waals surface area contributed by atoms with Crippen LogP contribution >= 0.6 is 0 Å². The number of hydrogen-bond acceptors (Lipinski definition) is 6. The molecule has 0 aliphatic carbocycles.